The van der Waals surface area contributed by atoms with Crippen LogP contribution >= 0.6 is 0 Å². The summed E-state index contributed by atoms with van der Waals surface area (Å²) in [5.74, 6) is 2.48. The van der Waals surface area contributed by atoms with E-state index >= 15 is 0 Å². The first-order valence-corrected chi connectivity index (χ1v) is 9.23. The third-order valence-corrected chi connectivity index (χ3v) is 3.67. The minimum atomic E-state index is -0.689. The van der Waals surface area contributed by atoms with Crippen molar-refractivity contribution in [2.24, 2.45) is 0 Å². The SMILES string of the molecule is C#CCOC(=O)Nc1cccc(OC(=O)N(CCOCCC)c2ccccc2)c1. The highest BCUT2D eigenvalue weighted by molar-refractivity contribution is 5.89. The van der Waals surface area contributed by atoms with E-state index in [-0.39, 0.29) is 12.4 Å². The number of nitrogens with one attached hydrogen (secondary N) is 1. The van der Waals surface area contributed by atoms with Crippen molar-refractivity contribution in [3.8, 4) is 18.1 Å². The number of ether oxygens (including phenoxy) is 3. The first-order chi connectivity index (χ1) is 14.1. The highest BCUT2D eigenvalue weighted by Crippen LogP contribution is 2.20. The van der Waals surface area contributed by atoms with E-state index in [1.807, 2.05) is 37.3 Å². The summed E-state index contributed by atoms with van der Waals surface area (Å²) in [7, 11) is 0. The Balaban J connectivity index is 2.05. The molecule has 152 valence electrons. The van der Waals surface area contributed by atoms with Crippen LogP contribution in [0, 0.1) is 12.3 Å². The maximum Gasteiger partial charge on any atom is 0.419 e. The lowest BCUT2D eigenvalue weighted by molar-refractivity contribution is 0.139. The fraction of sp³-hybridized carbons (Fsp3) is 0.273. The molecule has 0 bridgehead atoms. The zero-order valence-corrected chi connectivity index (χ0v) is 16.3. The second kappa shape index (κ2) is 12.1. The Morgan fingerprint density at radius 2 is 1.90 bits per heavy atom. The molecule has 2 amide bonds. The van der Waals surface area contributed by atoms with Crippen molar-refractivity contribution in [3.05, 3.63) is 54.6 Å². The van der Waals surface area contributed by atoms with E-state index in [4.69, 9.17) is 20.6 Å². The Hall–Kier alpha value is -3.50. The fourth-order valence-electron chi connectivity index (χ4n) is 2.39. The van der Waals surface area contributed by atoms with Gasteiger partial charge in [-0.25, -0.2) is 9.59 Å². The van der Waals surface area contributed by atoms with E-state index in [2.05, 4.69) is 11.2 Å². The highest BCUT2D eigenvalue weighted by Gasteiger charge is 2.18. The summed E-state index contributed by atoms with van der Waals surface area (Å²) >= 11 is 0. The van der Waals surface area contributed by atoms with Gasteiger partial charge in [-0.15, -0.1) is 6.42 Å². The molecule has 2 aromatic carbocycles. The van der Waals surface area contributed by atoms with E-state index < -0.39 is 12.2 Å². The predicted molar refractivity (Wildman–Crippen MR) is 111 cm³/mol. The molecule has 29 heavy (non-hydrogen) atoms. The average molecular weight is 396 g/mol. The van der Waals surface area contributed by atoms with Crippen LogP contribution in [0.15, 0.2) is 54.6 Å². The van der Waals surface area contributed by atoms with Gasteiger partial charge in [0.15, 0.2) is 6.61 Å². The van der Waals surface area contributed by atoms with Crippen LogP contribution in [0.5, 0.6) is 5.75 Å². The number of para-hydroxylation sites is 1. The summed E-state index contributed by atoms with van der Waals surface area (Å²) in [5, 5.41) is 2.52. The third-order valence-electron chi connectivity index (χ3n) is 3.67. The van der Waals surface area contributed by atoms with Crippen LogP contribution in [-0.4, -0.2) is 38.6 Å². The van der Waals surface area contributed by atoms with Crippen LogP contribution in [-0.2, 0) is 9.47 Å². The molecule has 1 N–H and O–H groups in total. The van der Waals surface area contributed by atoms with Crippen molar-refractivity contribution >= 4 is 23.6 Å². The summed E-state index contributed by atoms with van der Waals surface area (Å²) in [6, 6.07) is 15.6. The van der Waals surface area contributed by atoms with Crippen molar-refractivity contribution < 1.29 is 23.8 Å². The Bertz CT molecular complexity index is 833. The molecule has 0 aliphatic heterocycles. The maximum absolute atomic E-state index is 12.8. The number of carbonyl (C=O) groups is 2. The number of hydrogen-bond acceptors (Lipinski definition) is 5. The van der Waals surface area contributed by atoms with Crippen molar-refractivity contribution in [1.82, 2.24) is 0 Å². The molecule has 0 unspecified atom stereocenters. The molecule has 0 radical (unpaired) electrons. The number of benzene rings is 2. The van der Waals surface area contributed by atoms with Gasteiger partial charge in [0.2, 0.25) is 0 Å². The van der Waals surface area contributed by atoms with Gasteiger partial charge >= 0.3 is 12.2 Å². The molecule has 0 saturated heterocycles. The van der Waals surface area contributed by atoms with Gasteiger partial charge in [0.1, 0.15) is 5.75 Å². The summed E-state index contributed by atoms with van der Waals surface area (Å²) in [6.45, 7) is 3.25. The zero-order chi connectivity index (χ0) is 20.9. The average Bonchev–Trinajstić information content (AvgIpc) is 2.73. The largest absolute Gasteiger partial charge is 0.436 e. The van der Waals surface area contributed by atoms with Crippen LogP contribution in [0.1, 0.15) is 13.3 Å². The predicted octanol–water partition coefficient (Wildman–Crippen LogP) is 4.30. The second-order valence-corrected chi connectivity index (χ2v) is 5.90. The topological polar surface area (TPSA) is 77.1 Å². The molecule has 2 rings (SSSR count). The summed E-state index contributed by atoms with van der Waals surface area (Å²) in [5.41, 5.74) is 1.11. The Labute approximate surface area is 170 Å². The van der Waals surface area contributed by atoms with Gasteiger partial charge in [0, 0.05) is 24.0 Å². The molecule has 0 saturated carbocycles. The molecular weight excluding hydrogens is 372 g/mol. The standard InChI is InChI=1S/C22H24N2O5/c1-3-14-27-16-13-24(19-10-6-5-7-11-19)22(26)29-20-12-8-9-18(17-20)23-21(25)28-15-4-2/h2,5-12,17H,3,13-16H2,1H3,(H,23,25). The van der Waals surface area contributed by atoms with Gasteiger partial charge in [-0.1, -0.05) is 37.1 Å². The Kier molecular flexibility index (Phi) is 9.06. The number of nitrogens with zero attached hydrogens (tertiary/aromatic N) is 1. The molecule has 0 heterocycles. The normalized spacial score (nSPS) is 9.93. The molecule has 0 atom stereocenters. The van der Waals surface area contributed by atoms with Gasteiger partial charge in [0.05, 0.1) is 13.2 Å². The summed E-state index contributed by atoms with van der Waals surface area (Å²) < 4.78 is 15.8. The van der Waals surface area contributed by atoms with E-state index in [0.29, 0.717) is 31.1 Å². The number of terminal acetylenes is 1. The first kappa shape index (κ1) is 21.8. The Morgan fingerprint density at radius 1 is 1.10 bits per heavy atom. The van der Waals surface area contributed by atoms with Crippen molar-refractivity contribution in [2.75, 3.05) is 36.6 Å². The van der Waals surface area contributed by atoms with Gasteiger partial charge in [-0.3, -0.25) is 10.2 Å². The van der Waals surface area contributed by atoms with E-state index in [1.165, 1.54) is 11.0 Å². The van der Waals surface area contributed by atoms with Crippen molar-refractivity contribution in [2.45, 2.75) is 13.3 Å². The second-order valence-electron chi connectivity index (χ2n) is 5.90. The number of carbonyl (C=O) groups excluding carboxylic acids is 2. The van der Waals surface area contributed by atoms with E-state index in [0.717, 1.165) is 6.42 Å². The third kappa shape index (κ3) is 7.56. The number of rotatable bonds is 9. The van der Waals surface area contributed by atoms with Gasteiger partial charge in [-0.05, 0) is 30.7 Å². The molecule has 0 aromatic heterocycles. The molecular formula is C22H24N2O5. The first-order valence-electron chi connectivity index (χ1n) is 9.23. The Morgan fingerprint density at radius 3 is 2.62 bits per heavy atom. The highest BCUT2D eigenvalue weighted by atomic mass is 16.6. The van der Waals surface area contributed by atoms with Crippen LogP contribution in [0.25, 0.3) is 0 Å². The molecule has 7 nitrogen and oxygen atoms in total. The van der Waals surface area contributed by atoms with Gasteiger partial charge < -0.3 is 14.2 Å². The quantitative estimate of drug-likeness (QED) is 0.505. The van der Waals surface area contributed by atoms with E-state index in [1.54, 1.807) is 18.2 Å². The molecule has 0 aliphatic carbocycles. The zero-order valence-electron chi connectivity index (χ0n) is 16.3. The number of anilines is 2. The number of hydrogen-bond donors (Lipinski definition) is 1. The van der Waals surface area contributed by atoms with Crippen LogP contribution in [0.3, 0.4) is 0 Å². The van der Waals surface area contributed by atoms with Crippen molar-refractivity contribution in [1.29, 1.82) is 0 Å². The lowest BCUT2D eigenvalue weighted by Gasteiger charge is -2.22. The van der Waals surface area contributed by atoms with Crippen LogP contribution < -0.4 is 15.0 Å². The van der Waals surface area contributed by atoms with Crippen LogP contribution in [0.4, 0.5) is 21.0 Å². The minimum absolute atomic E-state index is 0.132. The fourth-order valence-corrected chi connectivity index (χ4v) is 2.39. The van der Waals surface area contributed by atoms with E-state index in [9.17, 15) is 9.59 Å². The molecule has 7 heteroatoms. The number of amides is 2. The van der Waals surface area contributed by atoms with Crippen LogP contribution in [0.2, 0.25) is 0 Å². The summed E-state index contributed by atoms with van der Waals surface area (Å²) in [4.78, 5) is 25.9. The van der Waals surface area contributed by atoms with Gasteiger partial charge in [-0.2, -0.15) is 0 Å². The maximum atomic E-state index is 12.8. The molecule has 0 fully saturated rings. The monoisotopic (exact) mass is 396 g/mol. The summed E-state index contributed by atoms with van der Waals surface area (Å²) in [6.07, 6.45) is 4.71. The molecule has 0 spiro atoms. The molecule has 0 aliphatic rings. The lowest BCUT2D eigenvalue weighted by atomic mass is 10.3. The van der Waals surface area contributed by atoms with Gasteiger partial charge in [0.25, 0.3) is 0 Å². The smallest absolute Gasteiger partial charge is 0.419 e. The molecule has 2 aromatic rings. The minimum Gasteiger partial charge on any atom is -0.436 e. The van der Waals surface area contributed by atoms with Crippen molar-refractivity contribution in [3.63, 3.8) is 0 Å². The lowest BCUT2D eigenvalue weighted by Crippen LogP contribution is -2.36.